The molecule has 2 aromatic rings. The Morgan fingerprint density at radius 2 is 2.29 bits per heavy atom. The minimum atomic E-state index is -0.255. The van der Waals surface area contributed by atoms with E-state index in [1.165, 1.54) is 10.9 Å². The van der Waals surface area contributed by atoms with E-state index in [9.17, 15) is 9.59 Å². The molecule has 5 nitrogen and oxygen atoms in total. The highest BCUT2D eigenvalue weighted by molar-refractivity contribution is 9.10. The lowest BCUT2D eigenvalue weighted by molar-refractivity contribution is -0.125. The number of benzene rings is 1. The zero-order chi connectivity index (χ0) is 15.0. The SMILES string of the molecule is CC(Cn1cnc2ccc(Br)cc2c1=O)C(=O)NC1CC1. The van der Waals surface area contributed by atoms with Crippen LogP contribution in [0.2, 0.25) is 0 Å². The molecule has 1 atom stereocenters. The van der Waals surface area contributed by atoms with Crippen LogP contribution in [-0.2, 0) is 11.3 Å². The lowest BCUT2D eigenvalue weighted by atomic mass is 10.1. The van der Waals surface area contributed by atoms with Crippen LogP contribution < -0.4 is 10.9 Å². The molecule has 1 aliphatic carbocycles. The number of halogens is 1. The third-order valence-corrected chi connectivity index (χ3v) is 4.12. The van der Waals surface area contributed by atoms with Crippen molar-refractivity contribution in [3.05, 3.63) is 39.4 Å². The molecule has 110 valence electrons. The van der Waals surface area contributed by atoms with Gasteiger partial charge in [-0.2, -0.15) is 0 Å². The molecular formula is C15H16BrN3O2. The summed E-state index contributed by atoms with van der Waals surface area (Å²) in [6, 6.07) is 5.75. The Hall–Kier alpha value is -1.69. The van der Waals surface area contributed by atoms with Crippen LogP contribution in [0.15, 0.2) is 33.8 Å². The second kappa shape index (κ2) is 5.60. The zero-order valence-corrected chi connectivity index (χ0v) is 13.3. The zero-order valence-electron chi connectivity index (χ0n) is 11.7. The van der Waals surface area contributed by atoms with Crippen LogP contribution in [0, 0.1) is 5.92 Å². The maximum absolute atomic E-state index is 12.4. The summed E-state index contributed by atoms with van der Waals surface area (Å²) in [5.74, 6) is -0.256. The van der Waals surface area contributed by atoms with Crippen LogP contribution >= 0.6 is 15.9 Å². The maximum atomic E-state index is 12.4. The Morgan fingerprint density at radius 1 is 1.52 bits per heavy atom. The number of rotatable bonds is 4. The van der Waals surface area contributed by atoms with Crippen molar-refractivity contribution in [3.8, 4) is 0 Å². The number of carbonyl (C=O) groups excluding carboxylic acids is 1. The molecule has 1 saturated carbocycles. The number of fused-ring (bicyclic) bond motifs is 1. The van der Waals surface area contributed by atoms with Crippen LogP contribution in [0.4, 0.5) is 0 Å². The van der Waals surface area contributed by atoms with Crippen LogP contribution in [-0.4, -0.2) is 21.5 Å². The van der Waals surface area contributed by atoms with Gasteiger partial charge in [-0.1, -0.05) is 22.9 Å². The Labute approximate surface area is 130 Å². The van der Waals surface area contributed by atoms with Gasteiger partial charge in [-0.05, 0) is 31.0 Å². The number of aromatic nitrogens is 2. The average molecular weight is 350 g/mol. The largest absolute Gasteiger partial charge is 0.353 e. The fourth-order valence-corrected chi connectivity index (χ4v) is 2.57. The Morgan fingerprint density at radius 3 is 3.00 bits per heavy atom. The second-order valence-electron chi connectivity index (χ2n) is 5.55. The molecule has 1 N–H and O–H groups in total. The van der Waals surface area contributed by atoms with Crippen LogP contribution in [0.5, 0.6) is 0 Å². The first-order valence-corrected chi connectivity index (χ1v) is 7.79. The summed E-state index contributed by atoms with van der Waals surface area (Å²) in [6.07, 6.45) is 3.63. The molecule has 0 bridgehead atoms. The van der Waals surface area contributed by atoms with E-state index >= 15 is 0 Å². The van der Waals surface area contributed by atoms with E-state index in [2.05, 4.69) is 26.2 Å². The van der Waals surface area contributed by atoms with Crippen LogP contribution in [0.25, 0.3) is 10.9 Å². The second-order valence-corrected chi connectivity index (χ2v) is 6.46. The number of nitrogens with zero attached hydrogens (tertiary/aromatic N) is 2. The van der Waals surface area contributed by atoms with Crippen molar-refractivity contribution in [1.29, 1.82) is 0 Å². The summed E-state index contributed by atoms with van der Waals surface area (Å²) in [5.41, 5.74) is 0.543. The van der Waals surface area contributed by atoms with Gasteiger partial charge in [0, 0.05) is 17.1 Å². The minimum absolute atomic E-state index is 0.00117. The van der Waals surface area contributed by atoms with E-state index in [1.54, 1.807) is 12.1 Å². The number of hydrogen-bond acceptors (Lipinski definition) is 3. The summed E-state index contributed by atoms with van der Waals surface area (Å²) in [7, 11) is 0. The fourth-order valence-electron chi connectivity index (χ4n) is 2.21. The molecule has 1 fully saturated rings. The van der Waals surface area contributed by atoms with Crippen molar-refractivity contribution in [3.63, 3.8) is 0 Å². The average Bonchev–Trinajstić information content (AvgIpc) is 3.26. The van der Waals surface area contributed by atoms with Gasteiger partial charge in [0.2, 0.25) is 5.91 Å². The quantitative estimate of drug-likeness (QED) is 0.918. The highest BCUT2D eigenvalue weighted by atomic mass is 79.9. The number of amides is 1. The van der Waals surface area contributed by atoms with E-state index in [4.69, 9.17) is 0 Å². The van der Waals surface area contributed by atoms with E-state index in [0.717, 1.165) is 17.3 Å². The van der Waals surface area contributed by atoms with Gasteiger partial charge in [0.15, 0.2) is 0 Å². The topological polar surface area (TPSA) is 64.0 Å². The van der Waals surface area contributed by atoms with Gasteiger partial charge in [-0.3, -0.25) is 14.2 Å². The van der Waals surface area contributed by atoms with Crippen molar-refractivity contribution < 1.29 is 4.79 Å². The molecule has 0 spiro atoms. The first-order chi connectivity index (χ1) is 10.0. The third-order valence-electron chi connectivity index (χ3n) is 3.63. The van der Waals surface area contributed by atoms with E-state index in [-0.39, 0.29) is 17.4 Å². The lowest BCUT2D eigenvalue weighted by Crippen LogP contribution is -2.35. The molecular weight excluding hydrogens is 334 g/mol. The molecule has 1 heterocycles. The monoisotopic (exact) mass is 349 g/mol. The standard InChI is InChI=1S/C15H16BrN3O2/c1-9(14(20)18-11-3-4-11)7-19-8-17-13-5-2-10(16)6-12(13)15(19)21/h2,5-6,8-9,11H,3-4,7H2,1H3,(H,18,20). The van der Waals surface area contributed by atoms with E-state index in [0.29, 0.717) is 23.5 Å². The van der Waals surface area contributed by atoms with Gasteiger partial charge in [0.05, 0.1) is 23.1 Å². The van der Waals surface area contributed by atoms with Gasteiger partial charge in [0.25, 0.3) is 5.56 Å². The predicted octanol–water partition coefficient (Wildman–Crippen LogP) is 2.07. The van der Waals surface area contributed by atoms with Crippen molar-refractivity contribution in [2.24, 2.45) is 5.92 Å². The van der Waals surface area contributed by atoms with Crippen LogP contribution in [0.3, 0.4) is 0 Å². The lowest BCUT2D eigenvalue weighted by Gasteiger charge is -2.13. The number of hydrogen-bond donors (Lipinski definition) is 1. The van der Waals surface area contributed by atoms with Crippen molar-refractivity contribution in [2.75, 3.05) is 0 Å². The molecule has 0 radical (unpaired) electrons. The molecule has 1 aromatic carbocycles. The molecule has 1 amide bonds. The van der Waals surface area contributed by atoms with Crippen molar-refractivity contribution in [1.82, 2.24) is 14.9 Å². The normalized spacial score (nSPS) is 15.9. The van der Waals surface area contributed by atoms with Crippen LogP contribution in [0.1, 0.15) is 19.8 Å². The Bertz CT molecular complexity index is 752. The number of nitrogens with one attached hydrogen (secondary N) is 1. The molecule has 1 aromatic heterocycles. The van der Waals surface area contributed by atoms with Gasteiger partial charge >= 0.3 is 0 Å². The number of carbonyl (C=O) groups is 1. The van der Waals surface area contributed by atoms with Gasteiger partial charge in [0.1, 0.15) is 0 Å². The summed E-state index contributed by atoms with van der Waals surface area (Å²) in [4.78, 5) is 28.7. The fraction of sp³-hybridized carbons (Fsp3) is 0.400. The summed E-state index contributed by atoms with van der Waals surface area (Å²) in [6.45, 7) is 2.17. The summed E-state index contributed by atoms with van der Waals surface area (Å²) < 4.78 is 2.34. The molecule has 3 rings (SSSR count). The molecule has 1 aliphatic rings. The van der Waals surface area contributed by atoms with E-state index < -0.39 is 0 Å². The molecule has 1 unspecified atom stereocenters. The van der Waals surface area contributed by atoms with Crippen molar-refractivity contribution >= 4 is 32.7 Å². The van der Waals surface area contributed by atoms with E-state index in [1.807, 2.05) is 13.0 Å². The first-order valence-electron chi connectivity index (χ1n) is 6.99. The summed E-state index contributed by atoms with van der Waals surface area (Å²) in [5, 5.41) is 3.51. The third kappa shape index (κ3) is 3.15. The summed E-state index contributed by atoms with van der Waals surface area (Å²) >= 11 is 3.36. The smallest absolute Gasteiger partial charge is 0.261 e. The van der Waals surface area contributed by atoms with Gasteiger partial charge < -0.3 is 5.32 Å². The molecule has 0 saturated heterocycles. The Balaban J connectivity index is 1.84. The minimum Gasteiger partial charge on any atom is -0.353 e. The highest BCUT2D eigenvalue weighted by Crippen LogP contribution is 2.19. The first kappa shape index (κ1) is 14.3. The maximum Gasteiger partial charge on any atom is 0.261 e. The van der Waals surface area contributed by atoms with Crippen molar-refractivity contribution in [2.45, 2.75) is 32.4 Å². The Kier molecular flexibility index (Phi) is 3.80. The highest BCUT2D eigenvalue weighted by Gasteiger charge is 2.25. The molecule has 21 heavy (non-hydrogen) atoms. The predicted molar refractivity (Wildman–Crippen MR) is 84.0 cm³/mol. The van der Waals surface area contributed by atoms with Gasteiger partial charge in [-0.15, -0.1) is 0 Å². The molecule has 6 heteroatoms. The molecule has 0 aliphatic heterocycles. The van der Waals surface area contributed by atoms with Gasteiger partial charge in [-0.25, -0.2) is 4.98 Å².